The van der Waals surface area contributed by atoms with Gasteiger partial charge < -0.3 is 15.5 Å². The van der Waals surface area contributed by atoms with Crippen molar-refractivity contribution in [3.05, 3.63) is 35.9 Å². The number of aliphatic hydroxyl groups excluding tert-OH is 2. The number of carbonyl (C=O) groups is 1. The quantitative estimate of drug-likeness (QED) is 0.680. The summed E-state index contributed by atoms with van der Waals surface area (Å²) in [5.74, 6) is -1.32. The number of carbonyl (C=O) groups excluding carboxylic acids is 1. The first-order valence-electron chi connectivity index (χ1n) is 6.58. The Kier molecular flexibility index (Phi) is 6.16. The van der Waals surface area contributed by atoms with Crippen LogP contribution in [0, 0.1) is 17.2 Å². The van der Waals surface area contributed by atoms with Crippen molar-refractivity contribution in [2.24, 2.45) is 5.92 Å². The van der Waals surface area contributed by atoms with Crippen molar-refractivity contribution < 1.29 is 15.0 Å². The summed E-state index contributed by atoms with van der Waals surface area (Å²) < 4.78 is 0. The van der Waals surface area contributed by atoms with E-state index in [1.807, 2.05) is 36.4 Å². The molecule has 0 saturated heterocycles. The molecule has 1 aromatic rings. The lowest BCUT2D eigenvalue weighted by molar-refractivity contribution is -0.126. The van der Waals surface area contributed by atoms with Crippen LogP contribution in [-0.2, 0) is 11.2 Å². The minimum atomic E-state index is -1.07. The molecular formula is C15H20N2O3. The van der Waals surface area contributed by atoms with Gasteiger partial charge >= 0.3 is 0 Å². The first kappa shape index (κ1) is 16.2. The molecule has 0 saturated carbocycles. The average Bonchev–Trinajstić information content (AvgIpc) is 2.51. The molecule has 20 heavy (non-hydrogen) atoms. The molecule has 1 amide bonds. The summed E-state index contributed by atoms with van der Waals surface area (Å²) in [6.45, 7) is 1.02. The van der Waals surface area contributed by atoms with Gasteiger partial charge in [-0.3, -0.25) is 4.79 Å². The van der Waals surface area contributed by atoms with Crippen LogP contribution in [0.5, 0.6) is 0 Å². The van der Waals surface area contributed by atoms with Gasteiger partial charge in [0.15, 0.2) is 0 Å². The number of hydrogen-bond donors (Lipinski definition) is 3. The lowest BCUT2D eigenvalue weighted by Crippen LogP contribution is -2.55. The van der Waals surface area contributed by atoms with Crippen molar-refractivity contribution in [2.75, 3.05) is 13.2 Å². The fourth-order valence-electron chi connectivity index (χ4n) is 1.84. The molecule has 0 bridgehead atoms. The van der Waals surface area contributed by atoms with E-state index in [1.54, 1.807) is 6.92 Å². The molecule has 0 aliphatic rings. The summed E-state index contributed by atoms with van der Waals surface area (Å²) in [7, 11) is 0. The zero-order valence-electron chi connectivity index (χ0n) is 11.5. The molecule has 5 heteroatoms. The number of amides is 1. The van der Waals surface area contributed by atoms with E-state index in [2.05, 4.69) is 5.32 Å². The van der Waals surface area contributed by atoms with E-state index in [4.69, 9.17) is 5.26 Å². The first-order valence-corrected chi connectivity index (χ1v) is 6.58. The normalized spacial score (nSPS) is 12.5. The van der Waals surface area contributed by atoms with Crippen molar-refractivity contribution in [1.82, 2.24) is 5.32 Å². The molecule has 0 fully saturated rings. The highest BCUT2D eigenvalue weighted by Crippen LogP contribution is 2.13. The maximum Gasteiger partial charge on any atom is 0.238 e. The van der Waals surface area contributed by atoms with Gasteiger partial charge in [0.05, 0.1) is 24.8 Å². The van der Waals surface area contributed by atoms with E-state index in [1.165, 1.54) is 0 Å². The number of aliphatic hydroxyl groups is 2. The summed E-state index contributed by atoms with van der Waals surface area (Å²) in [6, 6.07) is 11.2. The van der Waals surface area contributed by atoms with Crippen molar-refractivity contribution in [2.45, 2.75) is 25.3 Å². The topological polar surface area (TPSA) is 93.3 Å². The Morgan fingerprint density at radius 2 is 1.95 bits per heavy atom. The largest absolute Gasteiger partial charge is 0.394 e. The standard InChI is InChI=1S/C15H20N2O3/c1-2-15(10-18,11-19)17-14(20)13(9-16)8-12-6-4-3-5-7-12/h3-7,13,18-19H,2,8,10-11H2,1H3,(H,17,20). The summed E-state index contributed by atoms with van der Waals surface area (Å²) in [4.78, 5) is 12.1. The Bertz CT molecular complexity index is 455. The highest BCUT2D eigenvalue weighted by atomic mass is 16.3. The van der Waals surface area contributed by atoms with E-state index in [0.29, 0.717) is 12.8 Å². The fourth-order valence-corrected chi connectivity index (χ4v) is 1.84. The lowest BCUT2D eigenvalue weighted by atomic mass is 9.94. The molecule has 0 spiro atoms. The van der Waals surface area contributed by atoms with Crippen LogP contribution in [-0.4, -0.2) is 34.9 Å². The molecule has 3 N–H and O–H groups in total. The predicted octanol–water partition coefficient (Wildman–Crippen LogP) is 0.618. The highest BCUT2D eigenvalue weighted by Gasteiger charge is 2.31. The van der Waals surface area contributed by atoms with Crippen molar-refractivity contribution in [3.63, 3.8) is 0 Å². The molecular weight excluding hydrogens is 256 g/mol. The van der Waals surface area contributed by atoms with E-state index < -0.39 is 17.4 Å². The number of nitrogens with zero attached hydrogens (tertiary/aromatic N) is 1. The Morgan fingerprint density at radius 3 is 2.40 bits per heavy atom. The second kappa shape index (κ2) is 7.63. The average molecular weight is 276 g/mol. The zero-order valence-corrected chi connectivity index (χ0v) is 11.5. The van der Waals surface area contributed by atoms with Gasteiger partial charge in [-0.05, 0) is 18.4 Å². The highest BCUT2D eigenvalue weighted by molar-refractivity contribution is 5.82. The number of hydrogen-bond acceptors (Lipinski definition) is 4. The molecule has 0 aromatic heterocycles. The van der Waals surface area contributed by atoms with Gasteiger partial charge in [0, 0.05) is 0 Å². The van der Waals surface area contributed by atoms with Crippen LogP contribution < -0.4 is 5.32 Å². The maximum absolute atomic E-state index is 12.1. The van der Waals surface area contributed by atoms with Gasteiger partial charge in [0.25, 0.3) is 0 Å². The molecule has 1 atom stereocenters. The third kappa shape index (κ3) is 4.05. The van der Waals surface area contributed by atoms with Crippen molar-refractivity contribution >= 4 is 5.91 Å². The summed E-state index contributed by atoms with van der Waals surface area (Å²) in [5.41, 5.74) is -0.174. The summed E-state index contributed by atoms with van der Waals surface area (Å²) in [6.07, 6.45) is 0.690. The Balaban J connectivity index is 2.76. The number of nitrogens with one attached hydrogen (secondary N) is 1. The van der Waals surface area contributed by atoms with Gasteiger partial charge in [0.1, 0.15) is 5.92 Å². The summed E-state index contributed by atoms with van der Waals surface area (Å²) in [5, 5.41) is 30.4. The van der Waals surface area contributed by atoms with Crippen LogP contribution in [0.3, 0.4) is 0 Å². The molecule has 1 aromatic carbocycles. The molecule has 0 aliphatic carbocycles. The van der Waals surface area contributed by atoms with Gasteiger partial charge in [0.2, 0.25) is 5.91 Å². The minimum Gasteiger partial charge on any atom is -0.394 e. The van der Waals surface area contributed by atoms with E-state index in [0.717, 1.165) is 5.56 Å². The van der Waals surface area contributed by atoms with Crippen molar-refractivity contribution in [3.8, 4) is 6.07 Å². The number of benzene rings is 1. The molecule has 0 radical (unpaired) electrons. The molecule has 1 unspecified atom stereocenters. The maximum atomic E-state index is 12.1. The van der Waals surface area contributed by atoms with Gasteiger partial charge in [-0.25, -0.2) is 0 Å². The molecule has 1 rings (SSSR count). The second-order valence-corrected chi connectivity index (χ2v) is 4.81. The van der Waals surface area contributed by atoms with E-state index >= 15 is 0 Å². The third-order valence-electron chi connectivity index (χ3n) is 3.43. The smallest absolute Gasteiger partial charge is 0.238 e. The molecule has 0 aliphatic heterocycles. The predicted molar refractivity (Wildman–Crippen MR) is 74.6 cm³/mol. The lowest BCUT2D eigenvalue weighted by Gasteiger charge is -2.30. The van der Waals surface area contributed by atoms with Crippen LogP contribution in [0.15, 0.2) is 30.3 Å². The van der Waals surface area contributed by atoms with Crippen LogP contribution in [0.2, 0.25) is 0 Å². The molecule has 5 nitrogen and oxygen atoms in total. The monoisotopic (exact) mass is 276 g/mol. The Labute approximate surface area is 118 Å². The first-order chi connectivity index (χ1) is 9.60. The minimum absolute atomic E-state index is 0.305. The second-order valence-electron chi connectivity index (χ2n) is 4.81. The summed E-state index contributed by atoms with van der Waals surface area (Å²) >= 11 is 0. The van der Waals surface area contributed by atoms with E-state index in [9.17, 15) is 15.0 Å². The zero-order chi connectivity index (χ0) is 15.0. The fraction of sp³-hybridized carbons (Fsp3) is 0.467. The van der Waals surface area contributed by atoms with Gasteiger partial charge in [-0.1, -0.05) is 37.3 Å². The van der Waals surface area contributed by atoms with Crippen LogP contribution in [0.4, 0.5) is 0 Å². The SMILES string of the molecule is CCC(CO)(CO)NC(=O)C(C#N)Cc1ccccc1. The Morgan fingerprint density at radius 1 is 1.35 bits per heavy atom. The van der Waals surface area contributed by atoms with Crippen LogP contribution in [0.1, 0.15) is 18.9 Å². The molecule has 0 heterocycles. The molecule has 108 valence electrons. The van der Waals surface area contributed by atoms with Crippen molar-refractivity contribution in [1.29, 1.82) is 5.26 Å². The third-order valence-corrected chi connectivity index (χ3v) is 3.43. The van der Waals surface area contributed by atoms with Gasteiger partial charge in [-0.2, -0.15) is 5.26 Å². The number of nitriles is 1. The van der Waals surface area contributed by atoms with Crippen LogP contribution >= 0.6 is 0 Å². The van der Waals surface area contributed by atoms with Crippen LogP contribution in [0.25, 0.3) is 0 Å². The number of rotatable bonds is 7. The Hall–Kier alpha value is -1.90. The van der Waals surface area contributed by atoms with Gasteiger partial charge in [-0.15, -0.1) is 0 Å². The van der Waals surface area contributed by atoms with E-state index in [-0.39, 0.29) is 13.2 Å².